The number of anilines is 3. The Morgan fingerprint density at radius 2 is 1.73 bits per heavy atom. The van der Waals surface area contributed by atoms with Crippen molar-refractivity contribution < 1.29 is 21.7 Å². The predicted octanol–water partition coefficient (Wildman–Crippen LogP) is 2.90. The fourth-order valence-corrected chi connectivity index (χ4v) is 3.56. The number of hydrogen-bond acceptors (Lipinski definition) is 7. The Kier molecular flexibility index (Phi) is 4.55. The summed E-state index contributed by atoms with van der Waals surface area (Å²) in [6.07, 6.45) is 0. The van der Waals surface area contributed by atoms with Crippen molar-refractivity contribution in [2.45, 2.75) is 18.7 Å². The summed E-state index contributed by atoms with van der Waals surface area (Å²) in [5, 5.41) is 13.7. The van der Waals surface area contributed by atoms with Crippen molar-refractivity contribution in [1.29, 1.82) is 0 Å². The van der Waals surface area contributed by atoms with Gasteiger partial charge in [0.05, 0.1) is 5.69 Å². The van der Waals surface area contributed by atoms with Crippen molar-refractivity contribution >= 4 is 27.3 Å². The Morgan fingerprint density at radius 3 is 2.31 bits per heavy atom. The average Bonchev–Trinajstić information content (AvgIpc) is 2.91. The summed E-state index contributed by atoms with van der Waals surface area (Å²) in [6.45, 7) is 2.98. The summed E-state index contributed by atoms with van der Waals surface area (Å²) >= 11 is 0. The molecule has 0 spiro atoms. The first-order valence-electron chi connectivity index (χ1n) is 7.28. The lowest BCUT2D eigenvalue weighted by Crippen LogP contribution is -2.15. The summed E-state index contributed by atoms with van der Waals surface area (Å²) < 4.78 is 58.4. The first kappa shape index (κ1) is 17.7. The fraction of sp³-hybridized carbons (Fsp3) is 0.133. The Bertz CT molecular complexity index is 1030. The van der Waals surface area contributed by atoms with Crippen LogP contribution >= 0.6 is 0 Å². The molecular weight excluding hydrogens is 368 g/mol. The molecular formula is C15H13F2N5O3S. The van der Waals surface area contributed by atoms with E-state index < -0.39 is 21.7 Å². The molecule has 2 aromatic heterocycles. The summed E-state index contributed by atoms with van der Waals surface area (Å²) in [6, 6.07) is 5.75. The number of nitrogens with zero attached hydrogens (tertiary/aromatic N) is 3. The highest BCUT2D eigenvalue weighted by molar-refractivity contribution is 7.92. The average molecular weight is 381 g/mol. The summed E-state index contributed by atoms with van der Waals surface area (Å²) in [5.41, 5.74) is 0.220. The highest BCUT2D eigenvalue weighted by Gasteiger charge is 2.24. The van der Waals surface area contributed by atoms with E-state index in [4.69, 9.17) is 4.52 Å². The molecule has 0 saturated heterocycles. The molecule has 0 atom stereocenters. The van der Waals surface area contributed by atoms with E-state index in [1.807, 2.05) is 0 Å². The van der Waals surface area contributed by atoms with Gasteiger partial charge < -0.3 is 9.84 Å². The third-order valence-electron chi connectivity index (χ3n) is 3.33. The first-order chi connectivity index (χ1) is 12.3. The third kappa shape index (κ3) is 3.61. The van der Waals surface area contributed by atoms with Crippen molar-refractivity contribution in [1.82, 2.24) is 15.4 Å². The molecule has 1 aromatic carbocycles. The minimum atomic E-state index is -3.95. The van der Waals surface area contributed by atoms with E-state index >= 15 is 0 Å². The molecule has 0 unspecified atom stereocenters. The first-order valence-corrected chi connectivity index (χ1v) is 8.76. The van der Waals surface area contributed by atoms with Gasteiger partial charge in [-0.2, -0.15) is 0 Å². The van der Waals surface area contributed by atoms with E-state index in [-0.39, 0.29) is 33.7 Å². The van der Waals surface area contributed by atoms with Gasteiger partial charge in [0.25, 0.3) is 10.0 Å². The number of sulfonamides is 1. The zero-order valence-electron chi connectivity index (χ0n) is 13.6. The van der Waals surface area contributed by atoms with Gasteiger partial charge in [0, 0.05) is 6.07 Å². The van der Waals surface area contributed by atoms with Crippen LogP contribution in [0.15, 0.2) is 39.8 Å². The molecule has 0 bridgehead atoms. The van der Waals surface area contributed by atoms with E-state index in [0.717, 1.165) is 12.1 Å². The summed E-state index contributed by atoms with van der Waals surface area (Å²) in [4.78, 5) is -0.0742. The number of aromatic nitrogens is 3. The SMILES string of the molecule is Cc1noc(C)c1S(=O)(=O)Nc1ccc(Nc2ccc(F)cc2F)nn1. The molecule has 136 valence electrons. The van der Waals surface area contributed by atoms with Crippen molar-refractivity contribution in [2.75, 3.05) is 10.0 Å². The maximum atomic E-state index is 13.6. The van der Waals surface area contributed by atoms with Crippen molar-refractivity contribution in [3.05, 3.63) is 53.4 Å². The summed E-state index contributed by atoms with van der Waals surface area (Å²) in [7, 11) is -3.95. The van der Waals surface area contributed by atoms with Crippen LogP contribution in [0.1, 0.15) is 11.5 Å². The normalized spacial score (nSPS) is 11.4. The maximum Gasteiger partial charge on any atom is 0.268 e. The third-order valence-corrected chi connectivity index (χ3v) is 4.93. The molecule has 2 heterocycles. The van der Waals surface area contributed by atoms with Gasteiger partial charge >= 0.3 is 0 Å². The van der Waals surface area contributed by atoms with Crippen molar-refractivity contribution in [3.63, 3.8) is 0 Å². The zero-order chi connectivity index (χ0) is 18.9. The highest BCUT2D eigenvalue weighted by Crippen LogP contribution is 2.23. The fourth-order valence-electron chi connectivity index (χ4n) is 2.23. The number of rotatable bonds is 5. The van der Waals surface area contributed by atoms with Gasteiger partial charge in [-0.1, -0.05) is 5.16 Å². The highest BCUT2D eigenvalue weighted by atomic mass is 32.2. The maximum absolute atomic E-state index is 13.6. The lowest BCUT2D eigenvalue weighted by Gasteiger charge is -2.08. The van der Waals surface area contributed by atoms with Crippen LogP contribution in [0.4, 0.5) is 26.1 Å². The van der Waals surface area contributed by atoms with Crippen molar-refractivity contribution in [2.24, 2.45) is 0 Å². The standard InChI is InChI=1S/C15H13F2N5O3S/c1-8-15(9(2)25-21-8)26(23,24)22-14-6-5-13(19-20-14)18-12-4-3-10(16)7-11(12)17/h3-7H,1-2H3,(H,18,19)(H,20,22). The van der Waals surface area contributed by atoms with Crippen LogP contribution < -0.4 is 10.0 Å². The van der Waals surface area contributed by atoms with Crippen LogP contribution in [0.2, 0.25) is 0 Å². The molecule has 3 aromatic rings. The van der Waals surface area contributed by atoms with E-state index in [1.54, 1.807) is 0 Å². The second-order valence-electron chi connectivity index (χ2n) is 5.31. The largest absolute Gasteiger partial charge is 0.360 e. The molecule has 0 amide bonds. The molecule has 26 heavy (non-hydrogen) atoms. The molecule has 8 nitrogen and oxygen atoms in total. The molecule has 0 aliphatic rings. The van der Waals surface area contributed by atoms with Gasteiger partial charge in [-0.15, -0.1) is 10.2 Å². The topological polar surface area (TPSA) is 110 Å². The minimum Gasteiger partial charge on any atom is -0.360 e. The zero-order valence-corrected chi connectivity index (χ0v) is 14.4. The smallest absolute Gasteiger partial charge is 0.268 e. The van der Waals surface area contributed by atoms with Gasteiger partial charge in [-0.05, 0) is 38.1 Å². The van der Waals surface area contributed by atoms with Crippen LogP contribution in [0.25, 0.3) is 0 Å². The van der Waals surface area contributed by atoms with E-state index in [2.05, 4.69) is 25.4 Å². The van der Waals surface area contributed by atoms with Crippen LogP contribution in [0, 0.1) is 25.5 Å². The molecule has 0 aliphatic carbocycles. The van der Waals surface area contributed by atoms with E-state index in [9.17, 15) is 17.2 Å². The molecule has 0 saturated carbocycles. The molecule has 0 radical (unpaired) electrons. The number of aryl methyl sites for hydroxylation is 2. The lowest BCUT2D eigenvalue weighted by atomic mass is 10.3. The minimum absolute atomic E-state index is 0.00440. The molecule has 0 aliphatic heterocycles. The van der Waals surface area contributed by atoms with E-state index in [0.29, 0.717) is 0 Å². The molecule has 11 heteroatoms. The van der Waals surface area contributed by atoms with Gasteiger partial charge in [-0.3, -0.25) is 4.72 Å². The Balaban J connectivity index is 1.77. The molecule has 0 fully saturated rings. The van der Waals surface area contributed by atoms with Crippen LogP contribution in [0.5, 0.6) is 0 Å². The Hall–Kier alpha value is -3.08. The van der Waals surface area contributed by atoms with Crippen LogP contribution in [0.3, 0.4) is 0 Å². The second-order valence-corrected chi connectivity index (χ2v) is 6.93. The van der Waals surface area contributed by atoms with Gasteiger partial charge in [0.1, 0.15) is 17.3 Å². The lowest BCUT2D eigenvalue weighted by molar-refractivity contribution is 0.390. The monoisotopic (exact) mass is 381 g/mol. The second kappa shape index (κ2) is 6.67. The van der Waals surface area contributed by atoms with Crippen molar-refractivity contribution in [3.8, 4) is 0 Å². The number of benzene rings is 1. The van der Waals surface area contributed by atoms with Crippen LogP contribution in [-0.2, 0) is 10.0 Å². The van der Waals surface area contributed by atoms with Gasteiger partial charge in [0.2, 0.25) is 0 Å². The molecule has 3 rings (SSSR count). The van der Waals surface area contributed by atoms with Crippen LogP contribution in [-0.4, -0.2) is 23.8 Å². The van der Waals surface area contributed by atoms with E-state index in [1.165, 1.54) is 32.0 Å². The molecule has 2 N–H and O–H groups in total. The number of halogens is 2. The number of hydrogen-bond donors (Lipinski definition) is 2. The summed E-state index contributed by atoms with van der Waals surface area (Å²) in [5.74, 6) is -1.25. The Morgan fingerprint density at radius 1 is 1.04 bits per heavy atom. The number of nitrogens with one attached hydrogen (secondary N) is 2. The Labute approximate surface area is 147 Å². The van der Waals surface area contributed by atoms with Gasteiger partial charge in [-0.25, -0.2) is 17.2 Å². The predicted molar refractivity (Wildman–Crippen MR) is 88.5 cm³/mol. The van der Waals surface area contributed by atoms with Gasteiger partial charge in [0.15, 0.2) is 22.3 Å². The quantitative estimate of drug-likeness (QED) is 0.699.